The largest absolute Gasteiger partial charge is 0.493 e. The number of nitrogens with one attached hydrogen (secondary N) is 1. The zero-order valence-corrected chi connectivity index (χ0v) is 16.8. The van der Waals surface area contributed by atoms with Gasteiger partial charge in [0.25, 0.3) is 5.91 Å². The fourth-order valence-corrected chi connectivity index (χ4v) is 2.91. The van der Waals surface area contributed by atoms with Crippen LogP contribution < -0.4 is 19.5 Å². The fourth-order valence-electron chi connectivity index (χ4n) is 2.75. The van der Waals surface area contributed by atoms with Crippen LogP contribution in [0.25, 0.3) is 10.9 Å². The number of aliphatic hydroxyl groups excluding tert-OH is 1. The smallest absolute Gasteiger partial charge is 0.251 e. The maximum Gasteiger partial charge on any atom is 0.251 e. The summed E-state index contributed by atoms with van der Waals surface area (Å²) in [5.74, 6) is 1.07. The molecule has 8 heteroatoms. The first-order chi connectivity index (χ1) is 14.0. The molecule has 0 radical (unpaired) electrons. The number of rotatable bonds is 8. The average Bonchev–Trinajstić information content (AvgIpc) is 2.75. The van der Waals surface area contributed by atoms with Crippen LogP contribution in [0, 0.1) is 0 Å². The molecule has 29 heavy (non-hydrogen) atoms. The molecule has 0 saturated carbocycles. The molecule has 0 bridgehead atoms. The fraction of sp³-hybridized carbons (Fsp3) is 0.238. The molecule has 7 nitrogen and oxygen atoms in total. The maximum atomic E-state index is 12.4. The molecule has 1 heterocycles. The van der Waals surface area contributed by atoms with Crippen molar-refractivity contribution in [2.45, 2.75) is 6.10 Å². The summed E-state index contributed by atoms with van der Waals surface area (Å²) in [6.07, 6.45) is -0.922. The van der Waals surface area contributed by atoms with Crippen LogP contribution in [0.5, 0.6) is 17.2 Å². The van der Waals surface area contributed by atoms with Gasteiger partial charge in [0.2, 0.25) is 5.75 Å². The lowest BCUT2D eigenvalue weighted by Gasteiger charge is -2.17. The molecule has 1 unspecified atom stereocenters. The third kappa shape index (κ3) is 5.07. The van der Waals surface area contributed by atoms with Crippen LogP contribution in [0.3, 0.4) is 0 Å². The molecule has 1 amide bonds. The number of nitrogens with zero attached hydrogens (tertiary/aromatic N) is 1. The van der Waals surface area contributed by atoms with Crippen molar-refractivity contribution in [1.29, 1.82) is 0 Å². The minimum absolute atomic E-state index is 0.0210. The summed E-state index contributed by atoms with van der Waals surface area (Å²) in [5.41, 5.74) is 1.16. The predicted octanol–water partition coefficient (Wildman–Crippen LogP) is 3.08. The van der Waals surface area contributed by atoms with Gasteiger partial charge in [-0.05, 0) is 42.5 Å². The first-order valence-corrected chi connectivity index (χ1v) is 9.26. The van der Waals surface area contributed by atoms with Gasteiger partial charge >= 0.3 is 0 Å². The molecule has 1 aromatic heterocycles. The Labute approximate surface area is 173 Å². The van der Waals surface area contributed by atoms with E-state index >= 15 is 0 Å². The molecule has 0 aliphatic carbocycles. The molecule has 2 N–H and O–H groups in total. The number of fused-ring (bicyclic) bond motifs is 1. The highest BCUT2D eigenvalue weighted by molar-refractivity contribution is 6.29. The minimum atomic E-state index is -0.922. The van der Waals surface area contributed by atoms with Crippen molar-refractivity contribution in [3.63, 3.8) is 0 Å². The van der Waals surface area contributed by atoms with Gasteiger partial charge < -0.3 is 24.6 Å². The van der Waals surface area contributed by atoms with E-state index in [-0.39, 0.29) is 19.1 Å². The standard InChI is InChI=1S/C21H21ClN2O5/c1-27-17-4-3-5-18(28-2)20(17)29-12-15(25)11-23-21(26)14-6-8-16-13(10-14)7-9-19(22)24-16/h3-10,15,25H,11-12H2,1-2H3,(H,23,26). The van der Waals surface area contributed by atoms with Gasteiger partial charge in [-0.2, -0.15) is 0 Å². The van der Waals surface area contributed by atoms with E-state index in [1.807, 2.05) is 0 Å². The number of hydrogen-bond acceptors (Lipinski definition) is 6. The number of aromatic nitrogens is 1. The Bertz CT molecular complexity index is 989. The summed E-state index contributed by atoms with van der Waals surface area (Å²) in [6, 6.07) is 13.8. The molecular formula is C21H21ClN2O5. The molecule has 1 atom stereocenters. The Morgan fingerprint density at radius 2 is 1.86 bits per heavy atom. The van der Waals surface area contributed by atoms with E-state index in [1.54, 1.807) is 48.5 Å². The normalized spacial score (nSPS) is 11.7. The van der Waals surface area contributed by atoms with Gasteiger partial charge in [0, 0.05) is 17.5 Å². The zero-order valence-electron chi connectivity index (χ0n) is 16.0. The molecule has 0 saturated heterocycles. The van der Waals surface area contributed by atoms with Crippen molar-refractivity contribution in [3.8, 4) is 17.2 Å². The van der Waals surface area contributed by atoms with Crippen LogP contribution in [0.1, 0.15) is 10.4 Å². The van der Waals surface area contributed by atoms with Crippen molar-refractivity contribution in [2.24, 2.45) is 0 Å². The summed E-state index contributed by atoms with van der Waals surface area (Å²) < 4.78 is 16.1. The van der Waals surface area contributed by atoms with Crippen LogP contribution >= 0.6 is 11.6 Å². The van der Waals surface area contributed by atoms with Crippen molar-refractivity contribution >= 4 is 28.4 Å². The second-order valence-electron chi connectivity index (χ2n) is 6.21. The summed E-state index contributed by atoms with van der Waals surface area (Å²) in [5, 5.41) is 14.1. The second kappa shape index (κ2) is 9.45. The SMILES string of the molecule is COc1cccc(OC)c1OCC(O)CNC(=O)c1ccc2nc(Cl)ccc2c1. The van der Waals surface area contributed by atoms with Gasteiger partial charge in [0.15, 0.2) is 11.5 Å². The summed E-state index contributed by atoms with van der Waals surface area (Å²) >= 11 is 5.87. The van der Waals surface area contributed by atoms with Crippen LogP contribution in [0.2, 0.25) is 5.15 Å². The number of ether oxygens (including phenoxy) is 3. The van der Waals surface area contributed by atoms with Crippen LogP contribution in [0.4, 0.5) is 0 Å². The lowest BCUT2D eigenvalue weighted by atomic mass is 10.1. The molecule has 0 fully saturated rings. The number of pyridine rings is 1. The van der Waals surface area contributed by atoms with E-state index in [9.17, 15) is 9.90 Å². The van der Waals surface area contributed by atoms with Gasteiger partial charge in [0.1, 0.15) is 17.9 Å². The van der Waals surface area contributed by atoms with Gasteiger partial charge in [-0.1, -0.05) is 17.7 Å². The summed E-state index contributed by atoms with van der Waals surface area (Å²) in [4.78, 5) is 16.6. The second-order valence-corrected chi connectivity index (χ2v) is 6.60. The third-order valence-corrected chi connectivity index (χ3v) is 4.43. The number of amides is 1. The summed E-state index contributed by atoms with van der Waals surface area (Å²) in [6.45, 7) is -0.0235. The first-order valence-electron chi connectivity index (χ1n) is 8.88. The zero-order chi connectivity index (χ0) is 20.8. The molecule has 3 rings (SSSR count). The first kappa shape index (κ1) is 20.7. The third-order valence-electron chi connectivity index (χ3n) is 4.22. The van der Waals surface area contributed by atoms with Gasteiger partial charge in [0.05, 0.1) is 19.7 Å². The summed E-state index contributed by atoms with van der Waals surface area (Å²) in [7, 11) is 3.04. The van der Waals surface area contributed by atoms with E-state index in [0.29, 0.717) is 33.5 Å². The number of carbonyl (C=O) groups excluding carboxylic acids is 1. The highest BCUT2D eigenvalue weighted by atomic mass is 35.5. The van der Waals surface area contributed by atoms with Crippen molar-refractivity contribution in [2.75, 3.05) is 27.4 Å². The van der Waals surface area contributed by atoms with E-state index in [1.165, 1.54) is 14.2 Å². The van der Waals surface area contributed by atoms with Gasteiger partial charge in [-0.3, -0.25) is 4.79 Å². The Morgan fingerprint density at radius 1 is 1.14 bits per heavy atom. The number of methoxy groups -OCH3 is 2. The van der Waals surface area contributed by atoms with E-state index < -0.39 is 6.10 Å². The lowest BCUT2D eigenvalue weighted by molar-refractivity contribution is 0.0834. The Kier molecular flexibility index (Phi) is 6.74. The lowest BCUT2D eigenvalue weighted by Crippen LogP contribution is -2.35. The Morgan fingerprint density at radius 3 is 2.55 bits per heavy atom. The van der Waals surface area contributed by atoms with Crippen molar-refractivity contribution in [1.82, 2.24) is 10.3 Å². The molecular weight excluding hydrogens is 396 g/mol. The molecule has 0 aliphatic heterocycles. The number of benzene rings is 2. The van der Waals surface area contributed by atoms with Crippen molar-refractivity contribution in [3.05, 3.63) is 59.2 Å². The molecule has 0 aliphatic rings. The van der Waals surface area contributed by atoms with E-state index in [4.69, 9.17) is 25.8 Å². The Balaban J connectivity index is 1.57. The minimum Gasteiger partial charge on any atom is -0.493 e. The van der Waals surface area contributed by atoms with Crippen LogP contribution in [0.15, 0.2) is 48.5 Å². The molecule has 152 valence electrons. The molecule has 3 aromatic rings. The quantitative estimate of drug-likeness (QED) is 0.548. The number of hydrogen-bond donors (Lipinski definition) is 2. The van der Waals surface area contributed by atoms with E-state index in [0.717, 1.165) is 5.39 Å². The Hall–Kier alpha value is -3.03. The number of carbonyl (C=O) groups is 1. The molecule has 2 aromatic carbocycles. The van der Waals surface area contributed by atoms with Gasteiger partial charge in [-0.15, -0.1) is 0 Å². The number of halogens is 1. The number of aliphatic hydroxyl groups is 1. The average molecular weight is 417 g/mol. The predicted molar refractivity (Wildman–Crippen MR) is 110 cm³/mol. The van der Waals surface area contributed by atoms with Crippen LogP contribution in [-0.2, 0) is 0 Å². The molecule has 0 spiro atoms. The van der Waals surface area contributed by atoms with Crippen molar-refractivity contribution < 1.29 is 24.1 Å². The topological polar surface area (TPSA) is 89.9 Å². The van der Waals surface area contributed by atoms with Crippen LogP contribution in [-0.4, -0.2) is 49.5 Å². The highest BCUT2D eigenvalue weighted by Crippen LogP contribution is 2.36. The highest BCUT2D eigenvalue weighted by Gasteiger charge is 2.15. The van der Waals surface area contributed by atoms with E-state index in [2.05, 4.69) is 10.3 Å². The number of para-hydroxylation sites is 1. The monoisotopic (exact) mass is 416 g/mol. The van der Waals surface area contributed by atoms with Gasteiger partial charge in [-0.25, -0.2) is 4.98 Å². The maximum absolute atomic E-state index is 12.4.